The molecule has 5 heteroatoms. The van der Waals surface area contributed by atoms with Crippen LogP contribution in [-0.2, 0) is 4.79 Å². The number of hydrogen-bond acceptors (Lipinski definition) is 2. The normalized spacial score (nSPS) is 14.8. The Kier molecular flexibility index (Phi) is 8.95. The zero-order chi connectivity index (χ0) is 15.3. The number of amides is 1. The van der Waals surface area contributed by atoms with Crippen LogP contribution in [0, 0.1) is 5.92 Å². The number of halogens is 2. The number of nitrogens with zero attached hydrogens (tertiary/aromatic N) is 1. The molecule has 120 valence electrons. The van der Waals surface area contributed by atoms with Crippen molar-refractivity contribution >= 4 is 29.9 Å². The number of benzene rings is 1. The van der Waals surface area contributed by atoms with Crippen molar-refractivity contribution in [3.8, 4) is 0 Å². The molecule has 21 heavy (non-hydrogen) atoms. The smallest absolute Gasteiger partial charge is 0.226 e. The number of nitrogens with one attached hydrogen (secondary N) is 1. The van der Waals surface area contributed by atoms with Crippen molar-refractivity contribution < 1.29 is 4.79 Å². The molecule has 0 spiro atoms. The molecule has 0 aliphatic carbocycles. The van der Waals surface area contributed by atoms with Crippen molar-refractivity contribution in [2.75, 3.05) is 20.6 Å². The van der Waals surface area contributed by atoms with Gasteiger partial charge in [0.1, 0.15) is 0 Å². The summed E-state index contributed by atoms with van der Waals surface area (Å²) in [6.45, 7) is 6.88. The zero-order valence-corrected chi connectivity index (χ0v) is 15.0. The van der Waals surface area contributed by atoms with Gasteiger partial charge in [-0.25, -0.2) is 0 Å². The fourth-order valence-corrected chi connectivity index (χ4v) is 2.45. The average Bonchev–Trinajstić information content (AvgIpc) is 2.45. The minimum atomic E-state index is -0.00938. The first-order valence-corrected chi connectivity index (χ1v) is 7.43. The predicted molar refractivity (Wildman–Crippen MR) is 92.4 cm³/mol. The first-order valence-electron chi connectivity index (χ1n) is 7.05. The lowest BCUT2D eigenvalue weighted by Crippen LogP contribution is -2.43. The van der Waals surface area contributed by atoms with Crippen LogP contribution in [0.4, 0.5) is 0 Å². The molecule has 1 N–H and O–H groups in total. The Morgan fingerprint density at radius 3 is 2.24 bits per heavy atom. The van der Waals surface area contributed by atoms with Crippen LogP contribution in [0.2, 0.25) is 5.02 Å². The second-order valence-electron chi connectivity index (χ2n) is 5.49. The van der Waals surface area contributed by atoms with Crippen molar-refractivity contribution in [2.45, 2.75) is 32.7 Å². The number of likely N-dealkylation sites (N-methyl/N-ethyl adjacent to an activating group) is 1. The Hall–Kier alpha value is -0.770. The lowest BCUT2D eigenvalue weighted by Gasteiger charge is -2.32. The molecule has 1 rings (SSSR count). The second-order valence-corrected chi connectivity index (χ2v) is 5.93. The van der Waals surface area contributed by atoms with Crippen LogP contribution in [0.15, 0.2) is 24.3 Å². The van der Waals surface area contributed by atoms with Gasteiger partial charge in [-0.2, -0.15) is 0 Å². The highest BCUT2D eigenvalue weighted by Gasteiger charge is 2.25. The minimum absolute atomic E-state index is 0. The van der Waals surface area contributed by atoms with Gasteiger partial charge in [-0.15, -0.1) is 12.4 Å². The van der Waals surface area contributed by atoms with Crippen LogP contribution >= 0.6 is 24.0 Å². The summed E-state index contributed by atoms with van der Waals surface area (Å²) in [7, 11) is 3.75. The van der Waals surface area contributed by atoms with Gasteiger partial charge >= 0.3 is 0 Å². The summed E-state index contributed by atoms with van der Waals surface area (Å²) in [5, 5.41) is 3.78. The van der Waals surface area contributed by atoms with Gasteiger partial charge in [0.2, 0.25) is 5.91 Å². The van der Waals surface area contributed by atoms with E-state index in [2.05, 4.69) is 19.2 Å². The fourth-order valence-electron chi connectivity index (χ4n) is 2.32. The van der Waals surface area contributed by atoms with Crippen molar-refractivity contribution in [1.29, 1.82) is 0 Å². The van der Waals surface area contributed by atoms with Crippen molar-refractivity contribution in [3.63, 3.8) is 0 Å². The van der Waals surface area contributed by atoms with Crippen LogP contribution < -0.4 is 5.32 Å². The quantitative estimate of drug-likeness (QED) is 0.863. The lowest BCUT2D eigenvalue weighted by molar-refractivity contribution is -0.135. The van der Waals surface area contributed by atoms with Crippen molar-refractivity contribution in [3.05, 3.63) is 34.9 Å². The van der Waals surface area contributed by atoms with Crippen LogP contribution in [-0.4, -0.2) is 37.5 Å². The molecule has 0 radical (unpaired) electrons. The van der Waals surface area contributed by atoms with E-state index in [1.165, 1.54) is 5.56 Å². The maximum absolute atomic E-state index is 12.3. The molecule has 0 saturated heterocycles. The molecule has 3 nitrogen and oxygen atoms in total. The van der Waals surface area contributed by atoms with Gasteiger partial charge < -0.3 is 10.2 Å². The molecule has 1 aromatic carbocycles. The summed E-state index contributed by atoms with van der Waals surface area (Å²) in [5.41, 5.74) is 1.20. The standard InChI is InChI=1S/C16H25ClN2O.ClH/c1-11(10-18-4)16(20)19(5)13(3)12(2)14-6-8-15(17)9-7-14;/h6-9,11-13,18H,10H2,1-5H3;1H. The Morgan fingerprint density at radius 1 is 1.24 bits per heavy atom. The van der Waals surface area contributed by atoms with Gasteiger partial charge in [0.25, 0.3) is 0 Å². The highest BCUT2D eigenvalue weighted by Crippen LogP contribution is 2.24. The van der Waals surface area contributed by atoms with Gasteiger partial charge in [0, 0.05) is 36.5 Å². The summed E-state index contributed by atoms with van der Waals surface area (Å²) in [4.78, 5) is 14.2. The van der Waals surface area contributed by atoms with Gasteiger partial charge in [-0.3, -0.25) is 4.79 Å². The third-order valence-corrected chi connectivity index (χ3v) is 4.26. The molecule has 0 aromatic heterocycles. The monoisotopic (exact) mass is 332 g/mol. The largest absolute Gasteiger partial charge is 0.342 e. The van der Waals surface area contributed by atoms with E-state index < -0.39 is 0 Å². The summed E-state index contributed by atoms with van der Waals surface area (Å²) < 4.78 is 0. The van der Waals surface area contributed by atoms with Crippen LogP contribution in [0.3, 0.4) is 0 Å². The second kappa shape index (κ2) is 9.29. The summed E-state index contributed by atoms with van der Waals surface area (Å²) in [6, 6.07) is 7.98. The molecule has 3 atom stereocenters. The van der Waals surface area contributed by atoms with E-state index in [1.54, 1.807) is 0 Å². The molecule has 1 aromatic rings. The van der Waals surface area contributed by atoms with Crippen LogP contribution in [0.25, 0.3) is 0 Å². The van der Waals surface area contributed by atoms with Crippen molar-refractivity contribution in [1.82, 2.24) is 10.2 Å². The Labute approximate surface area is 139 Å². The molecule has 0 saturated carbocycles. The molecule has 0 heterocycles. The Bertz CT molecular complexity index is 436. The number of carbonyl (C=O) groups excluding carboxylic acids is 1. The maximum atomic E-state index is 12.3. The van der Waals surface area contributed by atoms with E-state index in [1.807, 2.05) is 50.2 Å². The molecule has 0 fully saturated rings. The van der Waals surface area contributed by atoms with E-state index in [0.717, 1.165) is 5.02 Å². The fraction of sp³-hybridized carbons (Fsp3) is 0.562. The molecular weight excluding hydrogens is 307 g/mol. The predicted octanol–water partition coefficient (Wildman–Crippen LogP) is 3.57. The Morgan fingerprint density at radius 2 is 1.76 bits per heavy atom. The van der Waals surface area contributed by atoms with Gasteiger partial charge in [0.15, 0.2) is 0 Å². The molecule has 0 bridgehead atoms. The SMILES string of the molecule is CNCC(C)C(=O)N(C)C(C)C(C)c1ccc(Cl)cc1.Cl. The van der Waals surface area contributed by atoms with Crippen molar-refractivity contribution in [2.24, 2.45) is 5.92 Å². The third kappa shape index (κ3) is 5.50. The highest BCUT2D eigenvalue weighted by molar-refractivity contribution is 6.30. The zero-order valence-electron chi connectivity index (χ0n) is 13.4. The topological polar surface area (TPSA) is 32.3 Å². The number of hydrogen-bond donors (Lipinski definition) is 1. The molecule has 3 unspecified atom stereocenters. The molecule has 0 aliphatic rings. The van der Waals surface area contributed by atoms with E-state index in [0.29, 0.717) is 6.54 Å². The summed E-state index contributed by atoms with van der Waals surface area (Å²) >= 11 is 5.91. The van der Waals surface area contributed by atoms with Crippen LogP contribution in [0.5, 0.6) is 0 Å². The molecule has 1 amide bonds. The van der Waals surface area contributed by atoms with E-state index in [9.17, 15) is 4.79 Å². The lowest BCUT2D eigenvalue weighted by atomic mass is 9.93. The van der Waals surface area contributed by atoms with Crippen LogP contribution in [0.1, 0.15) is 32.3 Å². The summed E-state index contributed by atoms with van der Waals surface area (Å²) in [5.74, 6) is 0.431. The van der Waals surface area contributed by atoms with E-state index >= 15 is 0 Å². The minimum Gasteiger partial charge on any atom is -0.342 e. The maximum Gasteiger partial charge on any atom is 0.226 e. The Balaban J connectivity index is 0.00000400. The van der Waals surface area contributed by atoms with E-state index in [4.69, 9.17) is 11.6 Å². The highest BCUT2D eigenvalue weighted by atomic mass is 35.5. The third-order valence-electron chi connectivity index (χ3n) is 4.01. The van der Waals surface area contributed by atoms with Gasteiger partial charge in [-0.05, 0) is 31.7 Å². The first-order chi connectivity index (χ1) is 9.38. The summed E-state index contributed by atoms with van der Waals surface area (Å²) in [6.07, 6.45) is 0. The number of rotatable bonds is 6. The first kappa shape index (κ1) is 20.2. The molecule has 0 aliphatic heterocycles. The van der Waals surface area contributed by atoms with Gasteiger partial charge in [0.05, 0.1) is 0 Å². The molecular formula is C16H26Cl2N2O. The number of carbonyl (C=O) groups is 1. The van der Waals surface area contributed by atoms with Gasteiger partial charge in [-0.1, -0.05) is 37.6 Å². The average molecular weight is 333 g/mol. The van der Waals surface area contributed by atoms with E-state index in [-0.39, 0.29) is 36.2 Å².